The number of nitrogens with zero attached hydrogens (tertiary/aromatic N) is 1. The Hall–Kier alpha value is -3.59. The van der Waals surface area contributed by atoms with Crippen LogP contribution >= 0.6 is 11.3 Å². The zero-order chi connectivity index (χ0) is 21.4. The van der Waals surface area contributed by atoms with Crippen molar-refractivity contribution in [1.82, 2.24) is 14.5 Å². The number of hydrogen-bond acceptors (Lipinski definition) is 5. The number of anilines is 1. The lowest BCUT2D eigenvalue weighted by Gasteiger charge is -2.14. The fraction of sp³-hybridized carbons (Fsp3) is 0.190. The summed E-state index contributed by atoms with van der Waals surface area (Å²) < 4.78 is 7.33. The van der Waals surface area contributed by atoms with Crippen LogP contribution in [-0.2, 0) is 9.53 Å². The fourth-order valence-corrected chi connectivity index (χ4v) is 4.24. The number of ether oxygens (including phenoxy) is 1. The number of rotatable bonds is 5. The second-order valence-electron chi connectivity index (χ2n) is 6.93. The first kappa shape index (κ1) is 19.7. The number of amides is 1. The summed E-state index contributed by atoms with van der Waals surface area (Å²) >= 11 is 1.50. The molecule has 0 saturated carbocycles. The molecule has 3 aromatic heterocycles. The van der Waals surface area contributed by atoms with Crippen molar-refractivity contribution in [3.63, 3.8) is 0 Å². The Morgan fingerprint density at radius 2 is 1.83 bits per heavy atom. The van der Waals surface area contributed by atoms with Gasteiger partial charge in [-0.05, 0) is 56.7 Å². The summed E-state index contributed by atoms with van der Waals surface area (Å²) in [6.45, 7) is 5.34. The molecule has 0 spiro atoms. The van der Waals surface area contributed by atoms with Crippen LogP contribution in [0.1, 0.15) is 27.7 Å². The van der Waals surface area contributed by atoms with Crippen molar-refractivity contribution in [3.05, 3.63) is 69.2 Å². The largest absolute Gasteiger partial charge is 0.449 e. The van der Waals surface area contributed by atoms with Gasteiger partial charge in [0.1, 0.15) is 5.00 Å². The van der Waals surface area contributed by atoms with Gasteiger partial charge in [0, 0.05) is 23.0 Å². The van der Waals surface area contributed by atoms with Crippen LogP contribution in [0, 0.1) is 13.8 Å². The van der Waals surface area contributed by atoms with E-state index in [9.17, 15) is 14.4 Å². The number of fused-ring (bicyclic) bond motifs is 1. The van der Waals surface area contributed by atoms with E-state index < -0.39 is 18.0 Å². The van der Waals surface area contributed by atoms with Crippen molar-refractivity contribution >= 4 is 39.9 Å². The SMILES string of the molecule is Cc1sc(-n2cccc2)c(C(=O)O[C@H](C)C(=O)Nc2ccc3[nH]c(=O)[nH]c3c2)c1C. The summed E-state index contributed by atoms with van der Waals surface area (Å²) in [5.74, 6) is -1.01. The number of nitrogens with one attached hydrogen (secondary N) is 3. The average molecular weight is 424 g/mol. The molecule has 0 radical (unpaired) electrons. The van der Waals surface area contributed by atoms with E-state index in [4.69, 9.17) is 4.74 Å². The van der Waals surface area contributed by atoms with Gasteiger partial charge in [-0.2, -0.15) is 0 Å². The summed E-state index contributed by atoms with van der Waals surface area (Å²) in [6.07, 6.45) is 2.72. The molecule has 0 fully saturated rings. The molecule has 0 saturated heterocycles. The van der Waals surface area contributed by atoms with E-state index in [0.29, 0.717) is 22.3 Å². The van der Waals surface area contributed by atoms with Gasteiger partial charge in [-0.1, -0.05) is 0 Å². The number of H-pyrrole nitrogens is 2. The highest BCUT2D eigenvalue weighted by Crippen LogP contribution is 2.31. The van der Waals surface area contributed by atoms with Gasteiger partial charge in [0.25, 0.3) is 5.91 Å². The Bertz CT molecular complexity index is 1300. The van der Waals surface area contributed by atoms with E-state index in [2.05, 4.69) is 15.3 Å². The number of carbonyl (C=O) groups excluding carboxylic acids is 2. The molecule has 0 aliphatic carbocycles. The Kier molecular flexibility index (Phi) is 5.04. The molecule has 3 N–H and O–H groups in total. The smallest absolute Gasteiger partial charge is 0.342 e. The Morgan fingerprint density at radius 3 is 2.57 bits per heavy atom. The highest BCUT2D eigenvalue weighted by Gasteiger charge is 2.25. The first-order valence-corrected chi connectivity index (χ1v) is 10.1. The molecule has 30 heavy (non-hydrogen) atoms. The van der Waals surface area contributed by atoms with E-state index in [1.165, 1.54) is 18.3 Å². The van der Waals surface area contributed by atoms with E-state index in [1.807, 2.05) is 42.9 Å². The molecular formula is C21H20N4O4S. The predicted molar refractivity (Wildman–Crippen MR) is 116 cm³/mol. The van der Waals surface area contributed by atoms with E-state index in [1.54, 1.807) is 18.2 Å². The Balaban J connectivity index is 1.50. The average Bonchev–Trinajstić information content (AvgIpc) is 3.40. The monoisotopic (exact) mass is 424 g/mol. The molecule has 154 valence electrons. The summed E-state index contributed by atoms with van der Waals surface area (Å²) in [7, 11) is 0. The van der Waals surface area contributed by atoms with Crippen molar-refractivity contribution < 1.29 is 14.3 Å². The van der Waals surface area contributed by atoms with Crippen LogP contribution < -0.4 is 11.0 Å². The summed E-state index contributed by atoms with van der Waals surface area (Å²) in [5.41, 5.74) is 2.67. The topological polar surface area (TPSA) is 109 Å². The molecular weight excluding hydrogens is 404 g/mol. The number of esters is 1. The maximum atomic E-state index is 12.9. The number of imidazole rings is 1. The second kappa shape index (κ2) is 7.68. The van der Waals surface area contributed by atoms with Gasteiger partial charge in [0.15, 0.2) is 6.10 Å². The standard InChI is InChI=1S/C21H20N4O4S/c1-11-13(3)30-19(25-8-4-5-9-25)17(11)20(27)29-12(2)18(26)22-14-6-7-15-16(10-14)24-21(28)23-15/h4-10,12H,1-3H3,(H,22,26)(H2,23,24,28)/t12-/m1/s1. The molecule has 0 aliphatic heterocycles. The first-order chi connectivity index (χ1) is 14.3. The molecule has 9 heteroatoms. The highest BCUT2D eigenvalue weighted by atomic mass is 32.1. The third kappa shape index (κ3) is 3.67. The molecule has 8 nitrogen and oxygen atoms in total. The number of thiophene rings is 1. The number of benzene rings is 1. The van der Waals surface area contributed by atoms with Crippen LogP contribution in [0.15, 0.2) is 47.5 Å². The Morgan fingerprint density at radius 1 is 1.13 bits per heavy atom. The minimum absolute atomic E-state index is 0.323. The fourth-order valence-electron chi connectivity index (χ4n) is 3.13. The van der Waals surface area contributed by atoms with Crippen LogP contribution in [0.4, 0.5) is 5.69 Å². The van der Waals surface area contributed by atoms with E-state index >= 15 is 0 Å². The summed E-state index contributed by atoms with van der Waals surface area (Å²) in [5, 5.41) is 3.47. The van der Waals surface area contributed by atoms with Gasteiger partial charge in [-0.15, -0.1) is 11.3 Å². The van der Waals surface area contributed by atoms with Crippen molar-refractivity contribution in [2.24, 2.45) is 0 Å². The molecule has 3 heterocycles. The zero-order valence-electron chi connectivity index (χ0n) is 16.6. The first-order valence-electron chi connectivity index (χ1n) is 9.30. The lowest BCUT2D eigenvalue weighted by molar-refractivity contribution is -0.123. The van der Waals surface area contributed by atoms with Crippen LogP contribution in [0.2, 0.25) is 0 Å². The van der Waals surface area contributed by atoms with Gasteiger partial charge in [-0.3, -0.25) is 4.79 Å². The minimum atomic E-state index is -1.00. The van der Waals surface area contributed by atoms with Crippen LogP contribution in [0.25, 0.3) is 16.0 Å². The van der Waals surface area contributed by atoms with Crippen LogP contribution in [0.3, 0.4) is 0 Å². The van der Waals surface area contributed by atoms with Crippen molar-refractivity contribution in [2.45, 2.75) is 26.9 Å². The van der Waals surface area contributed by atoms with E-state index in [0.717, 1.165) is 15.4 Å². The number of aryl methyl sites for hydroxylation is 1. The van der Waals surface area contributed by atoms with Crippen molar-refractivity contribution in [2.75, 3.05) is 5.32 Å². The maximum absolute atomic E-state index is 12.9. The van der Waals surface area contributed by atoms with Gasteiger partial charge >= 0.3 is 11.7 Å². The molecule has 4 aromatic rings. The lowest BCUT2D eigenvalue weighted by atomic mass is 10.1. The zero-order valence-corrected chi connectivity index (χ0v) is 17.4. The number of carbonyl (C=O) groups is 2. The molecule has 1 aromatic carbocycles. The molecule has 0 bridgehead atoms. The normalized spacial score (nSPS) is 12.1. The summed E-state index contributed by atoms with van der Waals surface area (Å²) in [6, 6.07) is 8.74. The maximum Gasteiger partial charge on any atom is 0.342 e. The third-order valence-corrected chi connectivity index (χ3v) is 6.07. The van der Waals surface area contributed by atoms with Gasteiger partial charge < -0.3 is 24.6 Å². The minimum Gasteiger partial charge on any atom is -0.449 e. The van der Waals surface area contributed by atoms with E-state index in [-0.39, 0.29) is 5.69 Å². The quantitative estimate of drug-likeness (QED) is 0.426. The molecule has 1 amide bonds. The number of aromatic nitrogens is 3. The molecule has 0 aliphatic rings. The third-order valence-electron chi connectivity index (χ3n) is 4.85. The second-order valence-corrected chi connectivity index (χ2v) is 8.13. The molecule has 0 unspecified atom stereocenters. The highest BCUT2D eigenvalue weighted by molar-refractivity contribution is 7.15. The van der Waals surface area contributed by atoms with Crippen LogP contribution in [0.5, 0.6) is 0 Å². The van der Waals surface area contributed by atoms with Gasteiger partial charge in [0.05, 0.1) is 16.6 Å². The van der Waals surface area contributed by atoms with Crippen molar-refractivity contribution in [3.8, 4) is 5.00 Å². The van der Waals surface area contributed by atoms with Gasteiger partial charge in [-0.25, -0.2) is 9.59 Å². The van der Waals surface area contributed by atoms with Crippen LogP contribution in [-0.4, -0.2) is 32.5 Å². The van der Waals surface area contributed by atoms with Crippen molar-refractivity contribution in [1.29, 1.82) is 0 Å². The number of hydrogen-bond donors (Lipinski definition) is 3. The molecule has 1 atom stereocenters. The summed E-state index contributed by atoms with van der Waals surface area (Å²) in [4.78, 5) is 43.1. The molecule has 4 rings (SSSR count). The van der Waals surface area contributed by atoms with Gasteiger partial charge in [0.2, 0.25) is 0 Å². The lowest BCUT2D eigenvalue weighted by Crippen LogP contribution is -2.30. The predicted octanol–water partition coefficient (Wildman–Crippen LogP) is 3.51. The Labute approximate surface area is 175 Å². The number of aromatic amines is 2.